The molecule has 0 saturated carbocycles. The van der Waals surface area contributed by atoms with Gasteiger partial charge in [0, 0.05) is 6.20 Å². The number of aliphatic hydroxyl groups is 1. The highest BCUT2D eigenvalue weighted by Crippen LogP contribution is 2.05. The van der Waals surface area contributed by atoms with Crippen LogP contribution in [0.5, 0.6) is 0 Å². The molecule has 0 aliphatic heterocycles. The van der Waals surface area contributed by atoms with Crippen LogP contribution in [0.1, 0.15) is 6.92 Å². The predicted molar refractivity (Wildman–Crippen MR) is 38.3 cm³/mol. The van der Waals surface area contributed by atoms with E-state index in [1.807, 2.05) is 0 Å². The zero-order valence-electron chi connectivity index (χ0n) is 6.51. The summed E-state index contributed by atoms with van der Waals surface area (Å²) in [5.74, 6) is -1.28. The number of nitrogens with zero attached hydrogens (tertiary/aromatic N) is 3. The zero-order valence-corrected chi connectivity index (χ0v) is 6.51. The molecule has 0 bridgehead atoms. The lowest BCUT2D eigenvalue weighted by atomic mass is 10.1. The van der Waals surface area contributed by atoms with Gasteiger partial charge in [-0.25, -0.2) is 9.48 Å². The third kappa shape index (κ3) is 1.79. The van der Waals surface area contributed by atoms with Gasteiger partial charge in [-0.2, -0.15) is 0 Å². The first-order valence-electron chi connectivity index (χ1n) is 3.32. The first kappa shape index (κ1) is 8.66. The standard InChI is InChI=1S/C6H9N3O3/c1-6(12,5(10)11)4-9-3-2-7-8-9/h2-3,12H,4H2,1H3,(H,10,11). The molecule has 0 aliphatic carbocycles. The van der Waals surface area contributed by atoms with Crippen molar-refractivity contribution in [3.8, 4) is 0 Å². The van der Waals surface area contributed by atoms with Crippen molar-refractivity contribution in [2.45, 2.75) is 19.1 Å². The van der Waals surface area contributed by atoms with Crippen LogP contribution >= 0.6 is 0 Å². The molecule has 0 aromatic carbocycles. The summed E-state index contributed by atoms with van der Waals surface area (Å²) in [5, 5.41) is 24.8. The monoisotopic (exact) mass is 171 g/mol. The number of hydrogen-bond donors (Lipinski definition) is 2. The van der Waals surface area contributed by atoms with Crippen LogP contribution in [0.2, 0.25) is 0 Å². The summed E-state index contributed by atoms with van der Waals surface area (Å²) in [5.41, 5.74) is -1.80. The fraction of sp³-hybridized carbons (Fsp3) is 0.500. The maximum Gasteiger partial charge on any atom is 0.337 e. The number of carboxylic acid groups (broad SMARTS) is 1. The fourth-order valence-corrected chi connectivity index (χ4v) is 0.700. The molecule has 1 rings (SSSR count). The Balaban J connectivity index is 2.69. The predicted octanol–water partition coefficient (Wildman–Crippen LogP) is -0.886. The Morgan fingerprint density at radius 1 is 1.75 bits per heavy atom. The molecule has 1 atom stereocenters. The average Bonchev–Trinajstić information content (AvgIpc) is 2.38. The van der Waals surface area contributed by atoms with Crippen molar-refractivity contribution < 1.29 is 15.0 Å². The Morgan fingerprint density at radius 2 is 2.42 bits per heavy atom. The summed E-state index contributed by atoms with van der Waals surface area (Å²) in [6.45, 7) is 1.10. The van der Waals surface area contributed by atoms with Crippen LogP contribution in [-0.2, 0) is 11.3 Å². The van der Waals surface area contributed by atoms with E-state index < -0.39 is 11.6 Å². The van der Waals surface area contributed by atoms with Crippen LogP contribution in [-0.4, -0.2) is 36.8 Å². The first-order chi connectivity index (χ1) is 5.52. The van der Waals surface area contributed by atoms with Crippen molar-refractivity contribution in [2.75, 3.05) is 0 Å². The number of aromatic nitrogens is 3. The van der Waals surface area contributed by atoms with E-state index in [0.717, 1.165) is 0 Å². The van der Waals surface area contributed by atoms with E-state index in [0.29, 0.717) is 0 Å². The highest BCUT2D eigenvalue weighted by molar-refractivity contribution is 5.76. The van der Waals surface area contributed by atoms with Crippen LogP contribution < -0.4 is 0 Å². The summed E-state index contributed by atoms with van der Waals surface area (Å²) in [6.07, 6.45) is 2.90. The molecule has 6 nitrogen and oxygen atoms in total. The quantitative estimate of drug-likeness (QED) is 0.616. The Kier molecular flexibility index (Phi) is 2.09. The van der Waals surface area contributed by atoms with Crippen molar-refractivity contribution in [2.24, 2.45) is 0 Å². The van der Waals surface area contributed by atoms with Crippen molar-refractivity contribution in [1.82, 2.24) is 15.0 Å². The van der Waals surface area contributed by atoms with Crippen LogP contribution in [0.3, 0.4) is 0 Å². The summed E-state index contributed by atoms with van der Waals surface area (Å²) in [6, 6.07) is 0. The van der Waals surface area contributed by atoms with Gasteiger partial charge in [0.1, 0.15) is 0 Å². The van der Waals surface area contributed by atoms with Crippen molar-refractivity contribution >= 4 is 5.97 Å². The van der Waals surface area contributed by atoms with Gasteiger partial charge in [-0.3, -0.25) is 0 Å². The topological polar surface area (TPSA) is 88.2 Å². The molecule has 0 amide bonds. The van der Waals surface area contributed by atoms with Crippen LogP contribution in [0.4, 0.5) is 0 Å². The minimum atomic E-state index is -1.80. The molecule has 2 N–H and O–H groups in total. The van der Waals surface area contributed by atoms with Gasteiger partial charge in [-0.15, -0.1) is 5.10 Å². The van der Waals surface area contributed by atoms with Crippen LogP contribution in [0.25, 0.3) is 0 Å². The van der Waals surface area contributed by atoms with E-state index in [2.05, 4.69) is 10.3 Å². The molecule has 0 spiro atoms. The summed E-state index contributed by atoms with van der Waals surface area (Å²) < 4.78 is 1.26. The van der Waals surface area contributed by atoms with E-state index in [9.17, 15) is 9.90 Å². The highest BCUT2D eigenvalue weighted by atomic mass is 16.4. The lowest BCUT2D eigenvalue weighted by Gasteiger charge is -2.16. The van der Waals surface area contributed by atoms with Gasteiger partial charge in [-0.05, 0) is 6.92 Å². The van der Waals surface area contributed by atoms with E-state index in [4.69, 9.17) is 5.11 Å². The SMILES string of the molecule is CC(O)(Cn1ccnn1)C(=O)O. The van der Waals surface area contributed by atoms with E-state index in [-0.39, 0.29) is 6.54 Å². The largest absolute Gasteiger partial charge is 0.479 e. The Labute approximate surface area is 68.4 Å². The van der Waals surface area contributed by atoms with Gasteiger partial charge < -0.3 is 10.2 Å². The van der Waals surface area contributed by atoms with E-state index >= 15 is 0 Å². The summed E-state index contributed by atoms with van der Waals surface area (Å²) >= 11 is 0. The lowest BCUT2D eigenvalue weighted by Crippen LogP contribution is -2.39. The Hall–Kier alpha value is -1.43. The minimum absolute atomic E-state index is 0.109. The molecule has 6 heteroatoms. The van der Waals surface area contributed by atoms with E-state index in [1.54, 1.807) is 0 Å². The molecule has 0 saturated heterocycles. The number of carboxylic acids is 1. The number of rotatable bonds is 3. The van der Waals surface area contributed by atoms with Crippen molar-refractivity contribution in [3.05, 3.63) is 12.4 Å². The van der Waals surface area contributed by atoms with E-state index in [1.165, 1.54) is 24.0 Å². The third-order valence-electron chi connectivity index (χ3n) is 1.40. The molecule has 0 fully saturated rings. The van der Waals surface area contributed by atoms with Gasteiger partial charge >= 0.3 is 5.97 Å². The molecule has 0 aliphatic rings. The molecular formula is C6H9N3O3. The molecule has 12 heavy (non-hydrogen) atoms. The maximum atomic E-state index is 10.4. The third-order valence-corrected chi connectivity index (χ3v) is 1.40. The Morgan fingerprint density at radius 3 is 2.83 bits per heavy atom. The fourth-order valence-electron chi connectivity index (χ4n) is 0.700. The summed E-state index contributed by atoms with van der Waals surface area (Å²) in [4.78, 5) is 10.4. The highest BCUT2D eigenvalue weighted by Gasteiger charge is 2.30. The molecule has 1 aromatic rings. The zero-order chi connectivity index (χ0) is 9.19. The van der Waals surface area contributed by atoms with Gasteiger partial charge in [0.05, 0.1) is 12.7 Å². The molecule has 1 heterocycles. The first-order valence-corrected chi connectivity index (χ1v) is 3.32. The smallest absolute Gasteiger partial charge is 0.337 e. The van der Waals surface area contributed by atoms with Gasteiger partial charge in [0.2, 0.25) is 0 Å². The second kappa shape index (κ2) is 2.90. The molecule has 1 aromatic heterocycles. The van der Waals surface area contributed by atoms with Gasteiger partial charge in [0.25, 0.3) is 0 Å². The maximum absolute atomic E-state index is 10.4. The number of carbonyl (C=O) groups is 1. The molecule has 0 radical (unpaired) electrons. The van der Waals surface area contributed by atoms with Crippen LogP contribution in [0, 0.1) is 0 Å². The van der Waals surface area contributed by atoms with Crippen LogP contribution in [0.15, 0.2) is 12.4 Å². The molecular weight excluding hydrogens is 162 g/mol. The van der Waals surface area contributed by atoms with Crippen molar-refractivity contribution in [3.63, 3.8) is 0 Å². The second-order valence-corrected chi connectivity index (χ2v) is 2.68. The van der Waals surface area contributed by atoms with Crippen molar-refractivity contribution in [1.29, 1.82) is 0 Å². The molecule has 66 valence electrons. The average molecular weight is 171 g/mol. The normalized spacial score (nSPS) is 15.5. The lowest BCUT2D eigenvalue weighted by molar-refractivity contribution is -0.158. The molecule has 1 unspecified atom stereocenters. The van der Waals surface area contributed by atoms with Gasteiger partial charge in [-0.1, -0.05) is 5.21 Å². The summed E-state index contributed by atoms with van der Waals surface area (Å²) in [7, 11) is 0. The minimum Gasteiger partial charge on any atom is -0.479 e. The number of aliphatic carboxylic acids is 1. The Bertz CT molecular complexity index is 268. The second-order valence-electron chi connectivity index (χ2n) is 2.68. The van der Waals surface area contributed by atoms with Gasteiger partial charge in [0.15, 0.2) is 5.60 Å². The number of hydrogen-bond acceptors (Lipinski definition) is 4.